The Morgan fingerprint density at radius 3 is 2.09 bits per heavy atom. The first kappa shape index (κ1) is 23.4. The van der Waals surface area contributed by atoms with E-state index in [4.69, 9.17) is 4.74 Å². The van der Waals surface area contributed by atoms with E-state index in [2.05, 4.69) is 17.4 Å². The van der Waals surface area contributed by atoms with Gasteiger partial charge in [0.15, 0.2) is 0 Å². The summed E-state index contributed by atoms with van der Waals surface area (Å²) in [6, 6.07) is 15.3. The van der Waals surface area contributed by atoms with Gasteiger partial charge in [-0.3, -0.25) is 9.59 Å². The molecule has 3 unspecified atom stereocenters. The van der Waals surface area contributed by atoms with Crippen molar-refractivity contribution in [3.63, 3.8) is 0 Å². The van der Waals surface area contributed by atoms with Crippen molar-refractivity contribution in [3.8, 4) is 11.1 Å². The van der Waals surface area contributed by atoms with Crippen molar-refractivity contribution in [1.82, 2.24) is 10.2 Å². The average molecular weight is 477 g/mol. The molecule has 2 aromatic carbocycles. The summed E-state index contributed by atoms with van der Waals surface area (Å²) in [4.78, 5) is 39.1. The fourth-order valence-electron chi connectivity index (χ4n) is 6.11. The number of carboxylic acid groups (broad SMARTS) is 1. The number of carboxylic acids is 1. The number of aliphatic carboxylic acids is 1. The molecule has 2 aliphatic carbocycles. The molecule has 2 amide bonds. The van der Waals surface area contributed by atoms with Crippen LogP contribution in [0.4, 0.5) is 4.79 Å². The number of amides is 2. The molecule has 2 fully saturated rings. The van der Waals surface area contributed by atoms with Gasteiger partial charge in [0.2, 0.25) is 5.91 Å². The van der Waals surface area contributed by atoms with Crippen LogP contribution in [-0.2, 0) is 14.3 Å². The molecule has 35 heavy (non-hydrogen) atoms. The van der Waals surface area contributed by atoms with Crippen molar-refractivity contribution in [3.05, 3.63) is 59.7 Å². The zero-order valence-corrected chi connectivity index (χ0v) is 19.8. The van der Waals surface area contributed by atoms with Crippen LogP contribution in [-0.4, -0.2) is 53.7 Å². The second kappa shape index (κ2) is 10.1. The summed E-state index contributed by atoms with van der Waals surface area (Å²) in [5.41, 5.74) is 4.50. The summed E-state index contributed by atoms with van der Waals surface area (Å²) in [5, 5.41) is 11.9. The summed E-state index contributed by atoms with van der Waals surface area (Å²) in [6.07, 6.45) is 3.83. The predicted molar refractivity (Wildman–Crippen MR) is 131 cm³/mol. The number of ether oxygens (including phenoxy) is 1. The second-order valence-corrected chi connectivity index (χ2v) is 10.0. The number of carbonyl (C=O) groups is 3. The zero-order valence-electron chi connectivity index (χ0n) is 19.8. The fraction of sp³-hybridized carbons (Fsp3) is 0.464. The van der Waals surface area contributed by atoms with Crippen LogP contribution < -0.4 is 5.32 Å². The molecule has 1 saturated heterocycles. The molecule has 0 radical (unpaired) electrons. The lowest BCUT2D eigenvalue weighted by Crippen LogP contribution is -2.48. The van der Waals surface area contributed by atoms with Crippen LogP contribution in [0.1, 0.15) is 55.6 Å². The summed E-state index contributed by atoms with van der Waals surface area (Å²) in [6.45, 7) is 1.53. The van der Waals surface area contributed by atoms with Gasteiger partial charge in [-0.1, -0.05) is 61.4 Å². The standard InChI is InChI=1S/C28H32N2O5/c31-26(32)14-13-25(27(33)30-15-18-7-1-2-8-19(18)16-30)29-28(34)35-17-24-22-11-5-3-9-20(22)21-10-4-6-12-23(21)24/h3-6,9-12,18-19,24-25H,1-2,7-8,13-17H2,(H,29,34)(H,31,32). The number of benzene rings is 2. The molecule has 5 rings (SSSR count). The lowest BCUT2D eigenvalue weighted by molar-refractivity contribution is -0.137. The maximum atomic E-state index is 13.3. The summed E-state index contributed by atoms with van der Waals surface area (Å²) < 4.78 is 5.62. The van der Waals surface area contributed by atoms with Gasteiger partial charge in [0.05, 0.1) is 0 Å². The van der Waals surface area contributed by atoms with Gasteiger partial charge in [-0.15, -0.1) is 0 Å². The average Bonchev–Trinajstić information content (AvgIpc) is 3.44. The van der Waals surface area contributed by atoms with Crippen molar-refractivity contribution in [2.24, 2.45) is 11.8 Å². The molecular formula is C28H32N2O5. The van der Waals surface area contributed by atoms with Crippen LogP contribution in [0.5, 0.6) is 0 Å². The number of hydrogen-bond donors (Lipinski definition) is 2. The Kier molecular flexibility index (Phi) is 6.75. The van der Waals surface area contributed by atoms with E-state index in [1.54, 1.807) is 0 Å². The lowest BCUT2D eigenvalue weighted by Gasteiger charge is -2.24. The molecule has 1 aliphatic heterocycles. The molecule has 2 aromatic rings. The lowest BCUT2D eigenvalue weighted by atomic mass is 9.82. The van der Waals surface area contributed by atoms with Crippen molar-refractivity contribution in [2.45, 2.75) is 50.5 Å². The van der Waals surface area contributed by atoms with Crippen LogP contribution in [0.25, 0.3) is 11.1 Å². The van der Waals surface area contributed by atoms with Gasteiger partial charge in [-0.2, -0.15) is 0 Å². The van der Waals surface area contributed by atoms with Crippen molar-refractivity contribution in [2.75, 3.05) is 19.7 Å². The van der Waals surface area contributed by atoms with Gasteiger partial charge in [0, 0.05) is 25.4 Å². The number of likely N-dealkylation sites (tertiary alicyclic amines) is 1. The van der Waals surface area contributed by atoms with Gasteiger partial charge in [-0.05, 0) is 53.4 Å². The van der Waals surface area contributed by atoms with Crippen LogP contribution in [0.15, 0.2) is 48.5 Å². The third-order valence-electron chi connectivity index (χ3n) is 7.87. The highest BCUT2D eigenvalue weighted by molar-refractivity contribution is 5.86. The minimum Gasteiger partial charge on any atom is -0.481 e. The van der Waals surface area contributed by atoms with Gasteiger partial charge >= 0.3 is 12.1 Å². The quantitative estimate of drug-likeness (QED) is 0.617. The molecule has 0 bridgehead atoms. The molecule has 0 spiro atoms. The summed E-state index contributed by atoms with van der Waals surface area (Å²) >= 11 is 0. The number of fused-ring (bicyclic) bond motifs is 4. The largest absolute Gasteiger partial charge is 0.481 e. The van der Waals surface area contributed by atoms with Crippen LogP contribution >= 0.6 is 0 Å². The molecule has 2 N–H and O–H groups in total. The molecule has 3 atom stereocenters. The van der Waals surface area contributed by atoms with Crippen molar-refractivity contribution < 1.29 is 24.2 Å². The zero-order chi connectivity index (χ0) is 24.4. The Hall–Kier alpha value is -3.35. The van der Waals surface area contributed by atoms with Gasteiger partial charge in [-0.25, -0.2) is 4.79 Å². The molecule has 1 saturated carbocycles. The number of nitrogens with one attached hydrogen (secondary N) is 1. The number of rotatable bonds is 7. The second-order valence-electron chi connectivity index (χ2n) is 10.0. The van der Waals surface area contributed by atoms with E-state index in [1.165, 1.54) is 12.8 Å². The summed E-state index contributed by atoms with van der Waals surface area (Å²) in [7, 11) is 0. The number of carbonyl (C=O) groups excluding carboxylic acids is 2. The molecular weight excluding hydrogens is 444 g/mol. The van der Waals surface area contributed by atoms with Crippen molar-refractivity contribution in [1.29, 1.82) is 0 Å². The number of alkyl carbamates (subject to hydrolysis) is 1. The van der Waals surface area contributed by atoms with Crippen LogP contribution in [0, 0.1) is 11.8 Å². The first-order valence-corrected chi connectivity index (χ1v) is 12.6. The molecule has 3 aliphatic rings. The third-order valence-corrected chi connectivity index (χ3v) is 7.87. The summed E-state index contributed by atoms with van der Waals surface area (Å²) in [5.74, 6) is -0.242. The molecule has 1 heterocycles. The Balaban J connectivity index is 1.24. The van der Waals surface area contributed by atoms with E-state index in [9.17, 15) is 19.5 Å². The van der Waals surface area contributed by atoms with Crippen LogP contribution in [0.2, 0.25) is 0 Å². The van der Waals surface area contributed by atoms with E-state index in [0.717, 1.165) is 35.1 Å². The Bertz CT molecular complexity index is 1060. The number of hydrogen-bond acceptors (Lipinski definition) is 4. The predicted octanol–water partition coefficient (Wildman–Crippen LogP) is 4.41. The molecule has 7 heteroatoms. The molecule has 0 aromatic heterocycles. The fourth-order valence-corrected chi connectivity index (χ4v) is 6.11. The van der Waals surface area contributed by atoms with Crippen LogP contribution in [0.3, 0.4) is 0 Å². The highest BCUT2D eigenvalue weighted by Crippen LogP contribution is 2.44. The number of nitrogens with zero attached hydrogens (tertiary/aromatic N) is 1. The monoisotopic (exact) mass is 476 g/mol. The van der Waals surface area contributed by atoms with E-state index in [0.29, 0.717) is 24.9 Å². The van der Waals surface area contributed by atoms with Gasteiger partial charge in [0.1, 0.15) is 12.6 Å². The van der Waals surface area contributed by atoms with Gasteiger partial charge < -0.3 is 20.1 Å². The SMILES string of the molecule is O=C(O)CCC(NC(=O)OCC1c2ccccc2-c2ccccc21)C(=O)N1CC2CCCCC2C1. The maximum Gasteiger partial charge on any atom is 0.407 e. The minimum absolute atomic E-state index is 0.0458. The highest BCUT2D eigenvalue weighted by Gasteiger charge is 2.39. The Morgan fingerprint density at radius 1 is 0.943 bits per heavy atom. The van der Waals surface area contributed by atoms with E-state index < -0.39 is 18.1 Å². The van der Waals surface area contributed by atoms with E-state index >= 15 is 0 Å². The Morgan fingerprint density at radius 2 is 1.51 bits per heavy atom. The third kappa shape index (κ3) is 4.90. The molecule has 184 valence electrons. The minimum atomic E-state index is -0.993. The first-order valence-electron chi connectivity index (χ1n) is 12.6. The normalized spacial score (nSPS) is 21.5. The van der Waals surface area contributed by atoms with E-state index in [1.807, 2.05) is 41.3 Å². The topological polar surface area (TPSA) is 95.9 Å². The van der Waals surface area contributed by atoms with E-state index in [-0.39, 0.29) is 31.3 Å². The van der Waals surface area contributed by atoms with Crippen molar-refractivity contribution >= 4 is 18.0 Å². The molecule has 7 nitrogen and oxygen atoms in total. The maximum absolute atomic E-state index is 13.3. The smallest absolute Gasteiger partial charge is 0.407 e. The highest BCUT2D eigenvalue weighted by atomic mass is 16.5. The first-order chi connectivity index (χ1) is 17.0. The van der Waals surface area contributed by atoms with Gasteiger partial charge in [0.25, 0.3) is 0 Å². The Labute approximate surface area is 205 Å².